The maximum atomic E-state index is 12.1. The fourth-order valence-corrected chi connectivity index (χ4v) is 7.43. The Balaban J connectivity index is 1.57. The van der Waals surface area contributed by atoms with E-state index in [9.17, 15) is 4.79 Å². The van der Waals surface area contributed by atoms with Crippen molar-refractivity contribution in [2.24, 2.45) is 46.3 Å². The zero-order valence-electron chi connectivity index (χ0n) is 19.6. The molecule has 4 rings (SSSR count). The number of carbonyl (C=O) groups is 1. The van der Waals surface area contributed by atoms with Gasteiger partial charge in [-0.25, -0.2) is 0 Å². The number of carbonyl (C=O) groups excluding carboxylic acids is 1. The first-order chi connectivity index (χ1) is 13.7. The minimum Gasteiger partial charge on any atom is -0.299 e. The molecule has 29 heavy (non-hydrogen) atoms. The molecule has 0 heterocycles. The fraction of sp³-hybridized carbons (Fsp3) is 0.750. The smallest absolute Gasteiger partial charge is 0.136 e. The zero-order chi connectivity index (χ0) is 21.0. The predicted molar refractivity (Wildman–Crippen MR) is 122 cm³/mol. The summed E-state index contributed by atoms with van der Waals surface area (Å²) in [6.45, 7) is 14.5. The Kier molecular flexibility index (Phi) is 5.50. The van der Waals surface area contributed by atoms with Crippen LogP contribution in [-0.4, -0.2) is 5.78 Å². The van der Waals surface area contributed by atoms with Gasteiger partial charge in [0.15, 0.2) is 0 Å². The topological polar surface area (TPSA) is 17.1 Å². The van der Waals surface area contributed by atoms with Gasteiger partial charge in [0.25, 0.3) is 0 Å². The molecule has 1 heteroatoms. The molecular formula is C28H42O. The monoisotopic (exact) mass is 394 g/mol. The van der Waals surface area contributed by atoms with E-state index in [0.29, 0.717) is 35.4 Å². The number of rotatable bonds is 4. The second-order valence-electron chi connectivity index (χ2n) is 11.7. The first-order valence-corrected chi connectivity index (χ1v) is 12.3. The number of fused-ring (bicyclic) bond motifs is 5. The number of Topliss-reactive ketones (excluding diaryl/α,β-unsaturated/α-hetero) is 1. The molecule has 4 aliphatic rings. The highest BCUT2D eigenvalue weighted by molar-refractivity contribution is 5.83. The van der Waals surface area contributed by atoms with Gasteiger partial charge in [-0.3, -0.25) is 4.79 Å². The van der Waals surface area contributed by atoms with Crippen LogP contribution in [0, 0.1) is 46.3 Å². The van der Waals surface area contributed by atoms with Crippen LogP contribution in [0.5, 0.6) is 0 Å². The Morgan fingerprint density at radius 2 is 1.72 bits per heavy atom. The van der Waals surface area contributed by atoms with Crippen molar-refractivity contribution in [2.45, 2.75) is 86.5 Å². The van der Waals surface area contributed by atoms with Crippen molar-refractivity contribution in [2.75, 3.05) is 0 Å². The third kappa shape index (κ3) is 3.41. The Hall–Kier alpha value is -1.11. The van der Waals surface area contributed by atoms with Gasteiger partial charge in [-0.1, -0.05) is 77.0 Å². The summed E-state index contributed by atoms with van der Waals surface area (Å²) < 4.78 is 0. The summed E-state index contributed by atoms with van der Waals surface area (Å²) in [4.78, 5) is 12.1. The maximum Gasteiger partial charge on any atom is 0.136 e. The molecule has 0 radical (unpaired) electrons. The van der Waals surface area contributed by atoms with Gasteiger partial charge in [0, 0.05) is 12.8 Å². The van der Waals surface area contributed by atoms with Crippen LogP contribution >= 0.6 is 0 Å². The minimum atomic E-state index is 0.246. The van der Waals surface area contributed by atoms with Gasteiger partial charge < -0.3 is 0 Å². The van der Waals surface area contributed by atoms with Crippen molar-refractivity contribution in [1.29, 1.82) is 0 Å². The van der Waals surface area contributed by atoms with Gasteiger partial charge in [0.2, 0.25) is 0 Å². The molecule has 0 aliphatic heterocycles. The molecule has 1 nitrogen and oxygen atoms in total. The molecule has 4 aliphatic carbocycles. The lowest BCUT2D eigenvalue weighted by atomic mass is 9.50. The van der Waals surface area contributed by atoms with Gasteiger partial charge in [-0.2, -0.15) is 0 Å². The highest BCUT2D eigenvalue weighted by atomic mass is 16.1. The molecule has 0 aromatic heterocycles. The lowest BCUT2D eigenvalue weighted by Gasteiger charge is -2.54. The van der Waals surface area contributed by atoms with E-state index >= 15 is 0 Å². The highest BCUT2D eigenvalue weighted by Crippen LogP contribution is 2.65. The lowest BCUT2D eigenvalue weighted by molar-refractivity contribution is -0.120. The molecule has 0 amide bonds. The summed E-state index contributed by atoms with van der Waals surface area (Å²) >= 11 is 0. The van der Waals surface area contributed by atoms with E-state index in [2.05, 4.69) is 65.8 Å². The minimum absolute atomic E-state index is 0.246. The standard InChI is InChI=1S/C28H42O/c1-18(2)19(3)7-8-20(4)24-11-12-25-23-10-9-21-17-22(29)13-15-27(21,5)26(23)14-16-28(24,25)6/h7-10,18-20,24-26H,11-17H2,1-6H3/b8-7+. The molecular weight excluding hydrogens is 352 g/mol. The summed E-state index contributed by atoms with van der Waals surface area (Å²) in [5.74, 6) is 4.73. The quantitative estimate of drug-likeness (QED) is 0.450. The number of ketones is 1. The Morgan fingerprint density at radius 1 is 0.966 bits per heavy atom. The summed E-state index contributed by atoms with van der Waals surface area (Å²) in [5, 5.41) is 0. The van der Waals surface area contributed by atoms with Crippen LogP contribution in [0.15, 0.2) is 35.5 Å². The molecule has 3 fully saturated rings. The lowest BCUT2D eigenvalue weighted by Crippen LogP contribution is -2.46. The predicted octanol–water partition coefficient (Wildman–Crippen LogP) is 7.54. The van der Waals surface area contributed by atoms with Gasteiger partial charge in [0.05, 0.1) is 0 Å². The van der Waals surface area contributed by atoms with E-state index < -0.39 is 0 Å². The van der Waals surface area contributed by atoms with Gasteiger partial charge in [-0.05, 0) is 78.4 Å². The molecule has 0 aromatic rings. The van der Waals surface area contributed by atoms with Crippen molar-refractivity contribution >= 4 is 5.78 Å². The van der Waals surface area contributed by atoms with Gasteiger partial charge >= 0.3 is 0 Å². The van der Waals surface area contributed by atoms with Crippen molar-refractivity contribution < 1.29 is 4.79 Å². The van der Waals surface area contributed by atoms with Crippen LogP contribution in [-0.2, 0) is 4.79 Å². The summed E-state index contributed by atoms with van der Waals surface area (Å²) in [6, 6.07) is 0. The van der Waals surface area contributed by atoms with Crippen molar-refractivity contribution in [3.05, 3.63) is 35.5 Å². The van der Waals surface area contributed by atoms with Crippen molar-refractivity contribution in [1.82, 2.24) is 0 Å². The van der Waals surface area contributed by atoms with Crippen molar-refractivity contribution in [3.63, 3.8) is 0 Å². The van der Waals surface area contributed by atoms with E-state index in [1.165, 1.54) is 31.3 Å². The number of hydrogen-bond donors (Lipinski definition) is 0. The van der Waals surface area contributed by atoms with E-state index in [1.54, 1.807) is 5.57 Å². The molecule has 0 N–H and O–H groups in total. The SMILES string of the molecule is CC(C)C(C)/C=C/C(C)C1CCC2C3=CC=C4CC(=O)CCC4(C)C3CCC21C. The second-order valence-corrected chi connectivity index (χ2v) is 11.7. The van der Waals surface area contributed by atoms with E-state index in [4.69, 9.17) is 0 Å². The average molecular weight is 395 g/mol. The first kappa shape index (κ1) is 21.1. The molecule has 3 saturated carbocycles. The Labute approximate surface area is 179 Å². The van der Waals surface area contributed by atoms with Crippen LogP contribution < -0.4 is 0 Å². The van der Waals surface area contributed by atoms with E-state index in [1.807, 2.05) is 0 Å². The molecule has 0 bridgehead atoms. The summed E-state index contributed by atoms with van der Waals surface area (Å²) in [5.41, 5.74) is 3.86. The Morgan fingerprint density at radius 3 is 2.45 bits per heavy atom. The second kappa shape index (κ2) is 7.54. The normalized spacial score (nSPS) is 41.5. The molecule has 7 atom stereocenters. The van der Waals surface area contributed by atoms with Crippen LogP contribution in [0.1, 0.15) is 86.5 Å². The van der Waals surface area contributed by atoms with E-state index in [0.717, 1.165) is 30.6 Å². The van der Waals surface area contributed by atoms with Crippen LogP contribution in [0.4, 0.5) is 0 Å². The maximum absolute atomic E-state index is 12.1. The number of allylic oxidation sites excluding steroid dienone is 6. The number of hydrogen-bond acceptors (Lipinski definition) is 1. The van der Waals surface area contributed by atoms with Crippen molar-refractivity contribution in [3.8, 4) is 0 Å². The summed E-state index contributed by atoms with van der Waals surface area (Å²) in [6.07, 6.45) is 17.8. The average Bonchev–Trinajstić information content (AvgIpc) is 3.03. The summed E-state index contributed by atoms with van der Waals surface area (Å²) in [7, 11) is 0. The molecule has 0 spiro atoms. The third-order valence-corrected chi connectivity index (χ3v) is 9.88. The highest BCUT2D eigenvalue weighted by Gasteiger charge is 2.56. The first-order valence-electron chi connectivity index (χ1n) is 12.3. The zero-order valence-corrected chi connectivity index (χ0v) is 19.6. The Bertz CT molecular complexity index is 752. The third-order valence-electron chi connectivity index (χ3n) is 9.88. The largest absolute Gasteiger partial charge is 0.299 e. The molecule has 0 saturated heterocycles. The fourth-order valence-electron chi connectivity index (χ4n) is 7.43. The molecule has 0 aromatic carbocycles. The van der Waals surface area contributed by atoms with Crippen LogP contribution in [0.3, 0.4) is 0 Å². The van der Waals surface area contributed by atoms with Crippen LogP contribution in [0.25, 0.3) is 0 Å². The van der Waals surface area contributed by atoms with Crippen LogP contribution in [0.2, 0.25) is 0 Å². The molecule has 160 valence electrons. The molecule has 7 unspecified atom stereocenters. The van der Waals surface area contributed by atoms with Gasteiger partial charge in [-0.15, -0.1) is 0 Å². The van der Waals surface area contributed by atoms with E-state index in [-0.39, 0.29) is 5.41 Å². The van der Waals surface area contributed by atoms with Gasteiger partial charge in [0.1, 0.15) is 5.78 Å².